The molecule has 1 aliphatic rings. The molecule has 0 bridgehead atoms. The summed E-state index contributed by atoms with van der Waals surface area (Å²) in [6.07, 6.45) is 1.99. The Hall–Kier alpha value is -2.73. The molecule has 2 heterocycles. The Morgan fingerprint density at radius 1 is 1.15 bits per heavy atom. The Balaban J connectivity index is 2.09. The molecule has 6 heteroatoms. The fourth-order valence-electron chi connectivity index (χ4n) is 3.66. The van der Waals surface area contributed by atoms with Gasteiger partial charge in [0.2, 0.25) is 5.43 Å². The Labute approximate surface area is 151 Å². The monoisotopic (exact) mass is 366 g/mol. The molecule has 0 unspecified atom stereocenters. The number of rotatable bonds is 2. The maximum Gasteiger partial charge on any atom is 0.271 e. The van der Waals surface area contributed by atoms with Crippen LogP contribution in [0.3, 0.4) is 0 Å². The van der Waals surface area contributed by atoms with E-state index in [1.165, 1.54) is 11.5 Å². The number of aromatic nitrogens is 2. The first-order chi connectivity index (χ1) is 12.6. The number of aryl methyl sites for hydroxylation is 1. The predicted octanol–water partition coefficient (Wildman–Crippen LogP) is 4.35. The van der Waals surface area contributed by atoms with Gasteiger partial charge in [0, 0.05) is 11.6 Å². The number of pyridine rings is 1. The van der Waals surface area contributed by atoms with Crippen molar-refractivity contribution in [2.75, 3.05) is 0 Å². The number of fused-ring (bicyclic) bond motifs is 2. The predicted molar refractivity (Wildman–Crippen MR) is 103 cm³/mol. The van der Waals surface area contributed by atoms with E-state index >= 15 is 4.39 Å². The highest BCUT2D eigenvalue weighted by molar-refractivity contribution is 7.12. The van der Waals surface area contributed by atoms with E-state index in [0.29, 0.717) is 26.9 Å². The molecule has 0 spiro atoms. The number of halogens is 1. The summed E-state index contributed by atoms with van der Waals surface area (Å²) in [6.45, 7) is 1.71. The van der Waals surface area contributed by atoms with Gasteiger partial charge in [-0.15, -0.1) is 0 Å². The molecule has 0 amide bonds. The average Bonchev–Trinajstić information content (AvgIpc) is 3.40. The van der Waals surface area contributed by atoms with Crippen LogP contribution in [-0.2, 0) is 0 Å². The van der Waals surface area contributed by atoms with Gasteiger partial charge in [0.1, 0.15) is 16.0 Å². The van der Waals surface area contributed by atoms with Crippen molar-refractivity contribution < 1.29 is 4.39 Å². The third kappa shape index (κ3) is 2.05. The molecule has 1 saturated carbocycles. The largest absolute Gasteiger partial charge is 0.328 e. The summed E-state index contributed by atoms with van der Waals surface area (Å²) in [5.41, 5.74) is 1.33. The third-order valence-corrected chi connectivity index (χ3v) is 5.89. The van der Waals surface area contributed by atoms with E-state index in [1.54, 1.807) is 25.1 Å². The number of benzene rings is 2. The van der Waals surface area contributed by atoms with Crippen molar-refractivity contribution in [1.82, 2.24) is 8.94 Å². The summed E-state index contributed by atoms with van der Waals surface area (Å²) in [6, 6.07) is 11.1. The lowest BCUT2D eigenvalue weighted by Crippen LogP contribution is -2.16. The lowest BCUT2D eigenvalue weighted by molar-refractivity contribution is 0.623. The first kappa shape index (κ1) is 15.5. The van der Waals surface area contributed by atoms with Gasteiger partial charge in [0.15, 0.2) is 0 Å². The number of hydrogen-bond acceptors (Lipinski definition) is 3. The Morgan fingerprint density at radius 2 is 1.88 bits per heavy atom. The minimum absolute atomic E-state index is 0.134. The number of H-pyrrole nitrogens is 1. The molecule has 5 rings (SSSR count). The highest BCUT2D eigenvalue weighted by atomic mass is 32.1. The zero-order valence-corrected chi connectivity index (χ0v) is 14.8. The van der Waals surface area contributed by atoms with Crippen LogP contribution in [0, 0.1) is 12.7 Å². The standard InChI is InChI=1S/C20H15FN2O2S/c1-10-9-13-15(14(17(10)21)11-5-3-2-4-6-11)18(24)16-19(25)22-26-20(16)23(13)12-7-8-12/h2-6,9,12H,7-8H2,1H3,(H,22,25). The van der Waals surface area contributed by atoms with Gasteiger partial charge < -0.3 is 4.57 Å². The molecule has 1 aliphatic carbocycles. The van der Waals surface area contributed by atoms with Crippen molar-refractivity contribution in [3.63, 3.8) is 0 Å². The summed E-state index contributed by atoms with van der Waals surface area (Å²) >= 11 is 1.18. The quantitative estimate of drug-likeness (QED) is 0.573. The molecule has 1 fully saturated rings. The zero-order chi connectivity index (χ0) is 18.0. The SMILES string of the molecule is Cc1cc2c(c(-c3ccccc3)c1F)c(=O)c1c(=O)[nH]sc1n2C1CC1. The lowest BCUT2D eigenvalue weighted by atomic mass is 9.96. The van der Waals surface area contributed by atoms with Crippen molar-refractivity contribution in [3.05, 3.63) is 68.4 Å². The maximum atomic E-state index is 15.1. The first-order valence-corrected chi connectivity index (χ1v) is 9.33. The van der Waals surface area contributed by atoms with Gasteiger partial charge in [-0.25, -0.2) is 4.39 Å². The molecule has 26 heavy (non-hydrogen) atoms. The van der Waals surface area contributed by atoms with E-state index in [9.17, 15) is 9.59 Å². The zero-order valence-electron chi connectivity index (χ0n) is 14.0. The molecule has 1 N–H and O–H groups in total. The van der Waals surface area contributed by atoms with Gasteiger partial charge in [-0.2, -0.15) is 0 Å². The van der Waals surface area contributed by atoms with E-state index in [-0.39, 0.29) is 17.0 Å². The van der Waals surface area contributed by atoms with Crippen LogP contribution in [0.5, 0.6) is 0 Å². The second-order valence-electron chi connectivity index (χ2n) is 6.79. The van der Waals surface area contributed by atoms with Gasteiger partial charge >= 0.3 is 0 Å². The number of aromatic amines is 1. The van der Waals surface area contributed by atoms with E-state index in [0.717, 1.165) is 12.8 Å². The highest BCUT2D eigenvalue weighted by Crippen LogP contribution is 2.42. The molecule has 0 saturated heterocycles. The second kappa shape index (κ2) is 5.38. The van der Waals surface area contributed by atoms with Crippen molar-refractivity contribution in [2.24, 2.45) is 0 Å². The smallest absolute Gasteiger partial charge is 0.271 e. The summed E-state index contributed by atoms with van der Waals surface area (Å²) in [4.78, 5) is 26.2. The Morgan fingerprint density at radius 3 is 2.58 bits per heavy atom. The van der Waals surface area contributed by atoms with Crippen LogP contribution in [0.2, 0.25) is 0 Å². The number of nitrogens with one attached hydrogen (secondary N) is 1. The van der Waals surface area contributed by atoms with Gasteiger partial charge in [-0.1, -0.05) is 30.3 Å². The normalized spacial score (nSPS) is 14.4. The average molecular weight is 366 g/mol. The number of hydrogen-bond donors (Lipinski definition) is 1. The Kier molecular flexibility index (Phi) is 3.21. The van der Waals surface area contributed by atoms with Crippen LogP contribution in [0.25, 0.3) is 32.2 Å². The topological polar surface area (TPSA) is 54.9 Å². The van der Waals surface area contributed by atoms with Gasteiger partial charge in [0.25, 0.3) is 5.56 Å². The third-order valence-electron chi connectivity index (χ3n) is 5.01. The summed E-state index contributed by atoms with van der Waals surface area (Å²) < 4.78 is 19.9. The molecule has 2 aromatic carbocycles. The fraction of sp³-hybridized carbons (Fsp3) is 0.200. The van der Waals surface area contributed by atoms with Crippen LogP contribution in [-0.4, -0.2) is 8.94 Å². The number of nitrogens with zero attached hydrogens (tertiary/aromatic N) is 1. The molecular formula is C20H15FN2O2S. The Bertz CT molecular complexity index is 1300. The van der Waals surface area contributed by atoms with E-state index in [4.69, 9.17) is 0 Å². The van der Waals surface area contributed by atoms with Crippen LogP contribution in [0.15, 0.2) is 46.0 Å². The summed E-state index contributed by atoms with van der Waals surface area (Å²) in [5.74, 6) is -0.408. The molecule has 2 aromatic heterocycles. The van der Waals surface area contributed by atoms with Crippen molar-refractivity contribution in [3.8, 4) is 11.1 Å². The van der Waals surface area contributed by atoms with Crippen molar-refractivity contribution >= 4 is 32.7 Å². The van der Waals surface area contributed by atoms with E-state index in [2.05, 4.69) is 4.37 Å². The molecule has 0 aliphatic heterocycles. The van der Waals surface area contributed by atoms with Crippen molar-refractivity contribution in [1.29, 1.82) is 0 Å². The van der Waals surface area contributed by atoms with Crippen molar-refractivity contribution in [2.45, 2.75) is 25.8 Å². The molecule has 130 valence electrons. The molecule has 0 atom stereocenters. The molecule has 0 radical (unpaired) electrons. The van der Waals surface area contributed by atoms with Crippen LogP contribution in [0.4, 0.5) is 4.39 Å². The second-order valence-corrected chi connectivity index (χ2v) is 7.58. The molecule has 4 nitrogen and oxygen atoms in total. The minimum atomic E-state index is -0.408. The van der Waals surface area contributed by atoms with Gasteiger partial charge in [-0.05, 0) is 48.5 Å². The van der Waals surface area contributed by atoms with Crippen LogP contribution in [0.1, 0.15) is 24.4 Å². The fourth-order valence-corrected chi connectivity index (χ4v) is 4.59. The summed E-state index contributed by atoms with van der Waals surface area (Å²) in [7, 11) is 0. The van der Waals surface area contributed by atoms with E-state index < -0.39 is 16.8 Å². The van der Waals surface area contributed by atoms with Gasteiger partial charge in [-0.3, -0.25) is 14.0 Å². The van der Waals surface area contributed by atoms with Crippen LogP contribution >= 0.6 is 11.5 Å². The lowest BCUT2D eigenvalue weighted by Gasteiger charge is -2.16. The highest BCUT2D eigenvalue weighted by Gasteiger charge is 2.30. The molecular weight excluding hydrogens is 351 g/mol. The maximum absolute atomic E-state index is 15.1. The van der Waals surface area contributed by atoms with Gasteiger partial charge in [0.05, 0.1) is 10.9 Å². The summed E-state index contributed by atoms with van der Waals surface area (Å²) in [5, 5.41) is 0.428. The molecule has 4 aromatic rings. The van der Waals surface area contributed by atoms with Crippen LogP contribution < -0.4 is 11.0 Å². The van der Waals surface area contributed by atoms with E-state index in [1.807, 2.05) is 22.8 Å². The first-order valence-electron chi connectivity index (χ1n) is 8.52. The minimum Gasteiger partial charge on any atom is -0.328 e.